The molecule has 0 bridgehead atoms. The molecule has 1 aromatic heterocycles. The first kappa shape index (κ1) is 11.3. The van der Waals surface area contributed by atoms with Gasteiger partial charge in [0.05, 0.1) is 0 Å². The smallest absolute Gasteiger partial charge is 0.178 e. The molecule has 2 heteroatoms. The number of hydrogen-bond acceptors (Lipinski definition) is 2. The fourth-order valence-corrected chi connectivity index (χ4v) is 1.60. The Morgan fingerprint density at radius 1 is 1.06 bits per heavy atom. The van der Waals surface area contributed by atoms with E-state index < -0.39 is 0 Å². The van der Waals surface area contributed by atoms with Gasteiger partial charge in [-0.1, -0.05) is 48.6 Å². The van der Waals surface area contributed by atoms with Crippen molar-refractivity contribution >= 4 is 17.9 Å². The maximum absolute atomic E-state index is 11.4. The van der Waals surface area contributed by atoms with Crippen molar-refractivity contribution in [2.75, 3.05) is 0 Å². The second kappa shape index (κ2) is 5.21. The number of aromatic nitrogens is 1. The lowest BCUT2D eigenvalue weighted by atomic mass is 10.1. The number of benzene rings is 1. The van der Waals surface area contributed by atoms with Gasteiger partial charge in [-0.3, -0.25) is 9.78 Å². The zero-order valence-electron chi connectivity index (χ0n) is 9.63. The van der Waals surface area contributed by atoms with Crippen molar-refractivity contribution in [1.82, 2.24) is 4.98 Å². The van der Waals surface area contributed by atoms with Crippen LogP contribution >= 0.6 is 0 Å². The molecule has 0 unspecified atom stereocenters. The average molecular weight is 223 g/mol. The van der Waals surface area contributed by atoms with Gasteiger partial charge in [-0.05, 0) is 11.6 Å². The van der Waals surface area contributed by atoms with Crippen LogP contribution in [-0.2, 0) is 0 Å². The topological polar surface area (TPSA) is 30.0 Å². The number of pyridine rings is 1. The van der Waals surface area contributed by atoms with Crippen molar-refractivity contribution in [3.05, 3.63) is 65.5 Å². The molecule has 84 valence electrons. The molecule has 0 fully saturated rings. The van der Waals surface area contributed by atoms with Gasteiger partial charge in [-0.15, -0.1) is 0 Å². The van der Waals surface area contributed by atoms with Crippen LogP contribution in [0.5, 0.6) is 0 Å². The van der Waals surface area contributed by atoms with Gasteiger partial charge in [0.25, 0.3) is 0 Å². The van der Waals surface area contributed by atoms with Crippen LogP contribution in [0, 0.1) is 0 Å². The number of nitrogens with zero attached hydrogens (tertiary/aromatic N) is 1. The lowest BCUT2D eigenvalue weighted by Crippen LogP contribution is -1.98. The summed E-state index contributed by atoms with van der Waals surface area (Å²) in [6, 6.07) is 13.7. The van der Waals surface area contributed by atoms with Crippen LogP contribution in [0.4, 0.5) is 0 Å². The lowest BCUT2D eigenvalue weighted by Gasteiger charge is -1.99. The summed E-state index contributed by atoms with van der Waals surface area (Å²) in [7, 11) is 0. The molecule has 0 atom stereocenters. The Bertz CT molecular complexity index is 544. The second-order valence-electron chi connectivity index (χ2n) is 3.74. The third-order valence-corrected chi connectivity index (χ3v) is 2.43. The SMILES string of the molecule is CC(=O)c1ncccc1C=Cc1ccccc1. The molecule has 2 rings (SSSR count). The molecule has 0 aliphatic carbocycles. The molecule has 0 radical (unpaired) electrons. The predicted molar refractivity (Wildman–Crippen MR) is 69.6 cm³/mol. The van der Waals surface area contributed by atoms with Crippen LogP contribution < -0.4 is 0 Å². The standard InChI is InChI=1S/C15H13NO/c1-12(17)15-14(8-5-11-16-15)10-9-13-6-3-2-4-7-13/h2-11H,1H3. The summed E-state index contributed by atoms with van der Waals surface area (Å²) in [6.45, 7) is 1.53. The lowest BCUT2D eigenvalue weighted by molar-refractivity contribution is 0.101. The van der Waals surface area contributed by atoms with E-state index in [1.54, 1.807) is 6.20 Å². The van der Waals surface area contributed by atoms with E-state index in [-0.39, 0.29) is 5.78 Å². The first-order valence-corrected chi connectivity index (χ1v) is 5.46. The number of hydrogen-bond donors (Lipinski definition) is 0. The molecule has 17 heavy (non-hydrogen) atoms. The number of rotatable bonds is 3. The maximum Gasteiger partial charge on any atom is 0.178 e. The highest BCUT2D eigenvalue weighted by atomic mass is 16.1. The van der Waals surface area contributed by atoms with Crippen molar-refractivity contribution in [2.45, 2.75) is 6.92 Å². The van der Waals surface area contributed by atoms with Crippen molar-refractivity contribution in [2.24, 2.45) is 0 Å². The number of carbonyl (C=O) groups excluding carboxylic acids is 1. The van der Waals surface area contributed by atoms with Crippen LogP contribution in [0.15, 0.2) is 48.7 Å². The highest BCUT2D eigenvalue weighted by Gasteiger charge is 2.04. The average Bonchev–Trinajstić information content (AvgIpc) is 2.38. The van der Waals surface area contributed by atoms with Gasteiger partial charge in [0.15, 0.2) is 5.78 Å². The van der Waals surface area contributed by atoms with Crippen LogP contribution in [-0.4, -0.2) is 10.8 Å². The fraction of sp³-hybridized carbons (Fsp3) is 0.0667. The van der Waals surface area contributed by atoms with Crippen molar-refractivity contribution in [3.8, 4) is 0 Å². The summed E-state index contributed by atoms with van der Waals surface area (Å²) in [5.74, 6) is -0.0155. The van der Waals surface area contributed by atoms with E-state index in [4.69, 9.17) is 0 Å². The zero-order valence-corrected chi connectivity index (χ0v) is 9.63. The first-order chi connectivity index (χ1) is 8.27. The van der Waals surface area contributed by atoms with Crippen LogP contribution in [0.3, 0.4) is 0 Å². The van der Waals surface area contributed by atoms with E-state index in [1.807, 2.05) is 54.6 Å². The Morgan fingerprint density at radius 2 is 1.82 bits per heavy atom. The Kier molecular flexibility index (Phi) is 3.46. The van der Waals surface area contributed by atoms with E-state index in [2.05, 4.69) is 4.98 Å². The molecule has 0 N–H and O–H groups in total. The second-order valence-corrected chi connectivity index (χ2v) is 3.74. The molecular formula is C15H13NO. The minimum absolute atomic E-state index is 0.0155. The molecule has 0 saturated carbocycles. The summed E-state index contributed by atoms with van der Waals surface area (Å²) < 4.78 is 0. The molecular weight excluding hydrogens is 210 g/mol. The molecule has 0 amide bonds. The Morgan fingerprint density at radius 3 is 2.53 bits per heavy atom. The molecule has 0 aliphatic rings. The highest BCUT2D eigenvalue weighted by molar-refractivity contribution is 5.96. The largest absolute Gasteiger partial charge is 0.293 e. The maximum atomic E-state index is 11.4. The summed E-state index contributed by atoms with van der Waals surface area (Å²) in [4.78, 5) is 15.5. The highest BCUT2D eigenvalue weighted by Crippen LogP contribution is 2.11. The Labute approximate surface area is 101 Å². The van der Waals surface area contributed by atoms with Gasteiger partial charge in [0.2, 0.25) is 0 Å². The minimum atomic E-state index is -0.0155. The van der Waals surface area contributed by atoms with Crippen LogP contribution in [0.2, 0.25) is 0 Å². The molecule has 1 aromatic carbocycles. The van der Waals surface area contributed by atoms with E-state index in [0.717, 1.165) is 11.1 Å². The number of carbonyl (C=O) groups is 1. The Balaban J connectivity index is 2.30. The minimum Gasteiger partial charge on any atom is -0.293 e. The normalized spacial score (nSPS) is 10.6. The Hall–Kier alpha value is -2.22. The third kappa shape index (κ3) is 2.88. The van der Waals surface area contributed by atoms with Crippen molar-refractivity contribution in [1.29, 1.82) is 0 Å². The predicted octanol–water partition coefficient (Wildman–Crippen LogP) is 3.45. The molecule has 0 saturated heterocycles. The zero-order chi connectivity index (χ0) is 12.1. The van der Waals surface area contributed by atoms with Gasteiger partial charge in [-0.25, -0.2) is 0 Å². The van der Waals surface area contributed by atoms with E-state index >= 15 is 0 Å². The molecule has 1 heterocycles. The van der Waals surface area contributed by atoms with Crippen LogP contribution in [0.25, 0.3) is 12.2 Å². The number of Topliss-reactive ketones (excluding diaryl/α,β-unsaturated/α-hetero) is 1. The van der Waals surface area contributed by atoms with Gasteiger partial charge in [0.1, 0.15) is 5.69 Å². The molecule has 2 nitrogen and oxygen atoms in total. The van der Waals surface area contributed by atoms with Crippen LogP contribution in [0.1, 0.15) is 28.5 Å². The first-order valence-electron chi connectivity index (χ1n) is 5.46. The summed E-state index contributed by atoms with van der Waals surface area (Å²) in [6.07, 6.45) is 5.53. The third-order valence-electron chi connectivity index (χ3n) is 2.43. The quantitative estimate of drug-likeness (QED) is 0.746. The van der Waals surface area contributed by atoms with Crippen molar-refractivity contribution < 1.29 is 4.79 Å². The summed E-state index contributed by atoms with van der Waals surface area (Å²) >= 11 is 0. The van der Waals surface area contributed by atoms with Gasteiger partial charge < -0.3 is 0 Å². The van der Waals surface area contributed by atoms with Crippen molar-refractivity contribution in [3.63, 3.8) is 0 Å². The summed E-state index contributed by atoms with van der Waals surface area (Å²) in [5.41, 5.74) is 2.47. The molecule has 0 aliphatic heterocycles. The molecule has 2 aromatic rings. The van der Waals surface area contributed by atoms with E-state index in [1.165, 1.54) is 6.92 Å². The summed E-state index contributed by atoms with van der Waals surface area (Å²) in [5, 5.41) is 0. The van der Waals surface area contributed by atoms with Gasteiger partial charge in [0, 0.05) is 18.7 Å². The number of ketones is 1. The monoisotopic (exact) mass is 223 g/mol. The van der Waals surface area contributed by atoms with E-state index in [0.29, 0.717) is 5.69 Å². The van der Waals surface area contributed by atoms with E-state index in [9.17, 15) is 4.79 Å². The van der Waals surface area contributed by atoms with Gasteiger partial charge in [-0.2, -0.15) is 0 Å². The van der Waals surface area contributed by atoms with Gasteiger partial charge >= 0.3 is 0 Å². The molecule has 0 spiro atoms. The fourth-order valence-electron chi connectivity index (χ4n) is 1.60.